The number of anilines is 1. The maximum atomic E-state index is 13.3. The van der Waals surface area contributed by atoms with Crippen LogP contribution in [-0.4, -0.2) is 35.6 Å². The first kappa shape index (κ1) is 15.6. The Kier molecular flexibility index (Phi) is 3.62. The van der Waals surface area contributed by atoms with Gasteiger partial charge in [-0.25, -0.2) is 0 Å². The normalized spacial score (nSPS) is 22.5. The third kappa shape index (κ3) is 1.96. The summed E-state index contributed by atoms with van der Waals surface area (Å²) in [6.45, 7) is 2.95. The third-order valence-electron chi connectivity index (χ3n) is 4.45. The summed E-state index contributed by atoms with van der Waals surface area (Å²) < 4.78 is 5.26. The van der Waals surface area contributed by atoms with Gasteiger partial charge in [-0.05, 0) is 37.3 Å². The van der Waals surface area contributed by atoms with Gasteiger partial charge in [-0.1, -0.05) is 11.6 Å². The highest BCUT2D eigenvalue weighted by Crippen LogP contribution is 2.54. The van der Waals surface area contributed by atoms with E-state index >= 15 is 0 Å². The van der Waals surface area contributed by atoms with E-state index in [1.807, 2.05) is 13.0 Å². The van der Waals surface area contributed by atoms with E-state index in [0.29, 0.717) is 23.9 Å². The number of likely N-dealkylation sites (N-methyl/N-ethyl adjacent to an activating group) is 1. The molecule has 2 aromatic rings. The lowest BCUT2D eigenvalue weighted by Crippen LogP contribution is -2.50. The molecule has 0 radical (unpaired) electrons. The van der Waals surface area contributed by atoms with Crippen LogP contribution in [0.15, 0.2) is 41.0 Å². The average molecular weight is 363 g/mol. The highest BCUT2D eigenvalue weighted by Gasteiger charge is 2.59. The minimum atomic E-state index is -1.06. The van der Waals surface area contributed by atoms with Crippen LogP contribution in [0.2, 0.25) is 5.02 Å². The van der Waals surface area contributed by atoms with Crippen LogP contribution in [0.5, 0.6) is 0 Å². The quantitative estimate of drug-likeness (QED) is 0.822. The van der Waals surface area contributed by atoms with Gasteiger partial charge in [0, 0.05) is 29.4 Å². The van der Waals surface area contributed by atoms with E-state index in [1.54, 1.807) is 34.1 Å². The molecule has 124 valence electrons. The molecule has 0 N–H and O–H groups in total. The van der Waals surface area contributed by atoms with Gasteiger partial charge < -0.3 is 14.2 Å². The molecule has 4 rings (SSSR count). The minimum Gasteiger partial charge on any atom is -0.459 e. The van der Waals surface area contributed by atoms with Crippen LogP contribution in [-0.2, 0) is 9.67 Å². The van der Waals surface area contributed by atoms with Crippen molar-refractivity contribution in [3.05, 3.63) is 52.9 Å². The maximum Gasteiger partial charge on any atom is 0.291 e. The molecule has 24 heavy (non-hydrogen) atoms. The van der Waals surface area contributed by atoms with Gasteiger partial charge in [0.2, 0.25) is 0 Å². The van der Waals surface area contributed by atoms with Crippen LogP contribution in [0.3, 0.4) is 0 Å². The zero-order chi connectivity index (χ0) is 16.9. The Balaban J connectivity index is 1.88. The number of furan rings is 1. The van der Waals surface area contributed by atoms with E-state index in [-0.39, 0.29) is 17.6 Å². The SMILES string of the molecule is CCN1C(=O)C2(SCCN2C(=O)c2ccco2)c2cc(Cl)ccc21. The Bertz CT molecular complexity index is 823. The molecule has 1 saturated heterocycles. The molecule has 7 heteroatoms. The Morgan fingerprint density at radius 1 is 1.42 bits per heavy atom. The van der Waals surface area contributed by atoms with E-state index in [9.17, 15) is 9.59 Å². The smallest absolute Gasteiger partial charge is 0.291 e. The number of carbonyl (C=O) groups is 2. The fourth-order valence-electron chi connectivity index (χ4n) is 3.43. The highest BCUT2D eigenvalue weighted by molar-refractivity contribution is 8.01. The number of hydrogen-bond acceptors (Lipinski definition) is 4. The van der Waals surface area contributed by atoms with Crippen molar-refractivity contribution < 1.29 is 14.0 Å². The largest absolute Gasteiger partial charge is 0.459 e. The van der Waals surface area contributed by atoms with Crippen molar-refractivity contribution in [3.8, 4) is 0 Å². The van der Waals surface area contributed by atoms with Crippen LogP contribution in [0.4, 0.5) is 5.69 Å². The zero-order valence-electron chi connectivity index (χ0n) is 13.0. The molecule has 1 aromatic carbocycles. The summed E-state index contributed by atoms with van der Waals surface area (Å²) >= 11 is 7.67. The van der Waals surface area contributed by atoms with E-state index in [2.05, 4.69) is 0 Å². The molecule has 5 nitrogen and oxygen atoms in total. The van der Waals surface area contributed by atoms with Crippen molar-refractivity contribution in [1.82, 2.24) is 4.90 Å². The van der Waals surface area contributed by atoms with Crippen molar-refractivity contribution >= 4 is 40.9 Å². The topological polar surface area (TPSA) is 53.8 Å². The van der Waals surface area contributed by atoms with E-state index in [4.69, 9.17) is 16.0 Å². The first-order chi connectivity index (χ1) is 11.6. The Hall–Kier alpha value is -1.92. The molecule has 3 heterocycles. The van der Waals surface area contributed by atoms with Gasteiger partial charge in [-0.2, -0.15) is 0 Å². The standard InChI is InChI=1S/C17H15ClN2O3S/c1-2-19-13-6-5-11(18)10-12(13)17(16(19)22)20(7-9-24-17)15(21)14-4-3-8-23-14/h3-6,8,10H,2,7,9H2,1H3. The number of halogens is 1. The van der Waals surface area contributed by atoms with E-state index in [1.165, 1.54) is 18.0 Å². The molecule has 0 saturated carbocycles. The Labute approximate surface area is 148 Å². The van der Waals surface area contributed by atoms with Crippen LogP contribution >= 0.6 is 23.4 Å². The first-order valence-corrected chi connectivity index (χ1v) is 9.07. The lowest BCUT2D eigenvalue weighted by atomic mass is 10.1. The van der Waals surface area contributed by atoms with Gasteiger partial charge in [-0.15, -0.1) is 11.8 Å². The van der Waals surface area contributed by atoms with Crippen LogP contribution in [0, 0.1) is 0 Å². The second kappa shape index (κ2) is 5.57. The van der Waals surface area contributed by atoms with Gasteiger partial charge in [0.15, 0.2) is 10.6 Å². The molecule has 1 atom stereocenters. The molecule has 0 bridgehead atoms. The van der Waals surface area contributed by atoms with Gasteiger partial charge in [0.1, 0.15) is 0 Å². The molecule has 2 aliphatic heterocycles. The Morgan fingerprint density at radius 3 is 2.96 bits per heavy atom. The molecule has 1 aromatic heterocycles. The third-order valence-corrected chi connectivity index (χ3v) is 6.10. The van der Waals surface area contributed by atoms with Crippen molar-refractivity contribution in [2.24, 2.45) is 0 Å². The molecular weight excluding hydrogens is 348 g/mol. The summed E-state index contributed by atoms with van der Waals surface area (Å²) in [6, 6.07) is 8.71. The number of hydrogen-bond donors (Lipinski definition) is 0. The number of nitrogens with zero attached hydrogens (tertiary/aromatic N) is 2. The van der Waals surface area contributed by atoms with Crippen LogP contribution < -0.4 is 4.90 Å². The lowest BCUT2D eigenvalue weighted by molar-refractivity contribution is -0.123. The van der Waals surface area contributed by atoms with Crippen molar-refractivity contribution in [2.75, 3.05) is 23.7 Å². The summed E-state index contributed by atoms with van der Waals surface area (Å²) in [5.74, 6) is 0.553. The van der Waals surface area contributed by atoms with Gasteiger partial charge in [0.25, 0.3) is 11.8 Å². The fourth-order valence-corrected chi connectivity index (χ4v) is 5.06. The summed E-state index contributed by atoms with van der Waals surface area (Å²) in [7, 11) is 0. The van der Waals surface area contributed by atoms with Crippen molar-refractivity contribution in [2.45, 2.75) is 11.8 Å². The molecule has 0 aliphatic carbocycles. The second-order valence-corrected chi connectivity index (χ2v) is 7.36. The summed E-state index contributed by atoms with van der Waals surface area (Å²) in [4.78, 5) is 28.4. The molecule has 2 amide bonds. The van der Waals surface area contributed by atoms with Gasteiger partial charge >= 0.3 is 0 Å². The van der Waals surface area contributed by atoms with Crippen LogP contribution in [0.1, 0.15) is 23.0 Å². The highest BCUT2D eigenvalue weighted by atomic mass is 35.5. The summed E-state index contributed by atoms with van der Waals surface area (Å²) in [5.41, 5.74) is 1.60. The molecule has 2 aliphatic rings. The molecular formula is C17H15ClN2O3S. The van der Waals surface area contributed by atoms with E-state index in [0.717, 1.165) is 11.3 Å². The maximum absolute atomic E-state index is 13.3. The predicted octanol–water partition coefficient (Wildman–Crippen LogP) is 3.34. The number of benzene rings is 1. The summed E-state index contributed by atoms with van der Waals surface area (Å²) in [5, 5.41) is 0.553. The molecule has 1 spiro atoms. The van der Waals surface area contributed by atoms with Crippen LogP contribution in [0.25, 0.3) is 0 Å². The second-order valence-electron chi connectivity index (χ2n) is 5.64. The monoisotopic (exact) mass is 362 g/mol. The zero-order valence-corrected chi connectivity index (χ0v) is 14.6. The van der Waals surface area contributed by atoms with E-state index < -0.39 is 4.87 Å². The van der Waals surface area contributed by atoms with Gasteiger partial charge in [0.05, 0.1) is 12.0 Å². The minimum absolute atomic E-state index is 0.0929. The van der Waals surface area contributed by atoms with Crippen molar-refractivity contribution in [3.63, 3.8) is 0 Å². The average Bonchev–Trinajstić information content (AvgIpc) is 3.29. The number of carbonyl (C=O) groups excluding carboxylic acids is 2. The molecule has 1 unspecified atom stereocenters. The van der Waals surface area contributed by atoms with Crippen molar-refractivity contribution in [1.29, 1.82) is 0 Å². The first-order valence-electron chi connectivity index (χ1n) is 7.71. The fraction of sp³-hybridized carbons (Fsp3) is 0.294. The van der Waals surface area contributed by atoms with Gasteiger partial charge in [-0.3, -0.25) is 9.59 Å². The number of rotatable bonds is 2. The number of thioether (sulfide) groups is 1. The lowest BCUT2D eigenvalue weighted by Gasteiger charge is -2.32. The predicted molar refractivity (Wildman–Crippen MR) is 93.4 cm³/mol. The molecule has 1 fully saturated rings. The summed E-state index contributed by atoms with van der Waals surface area (Å²) in [6.07, 6.45) is 1.46. The number of amides is 2. The Morgan fingerprint density at radius 2 is 2.25 bits per heavy atom. The number of fused-ring (bicyclic) bond motifs is 2.